The summed E-state index contributed by atoms with van der Waals surface area (Å²) >= 11 is 3.29. The number of benzene rings is 1. The lowest BCUT2D eigenvalue weighted by atomic mass is 10.3. The van der Waals surface area contributed by atoms with Crippen molar-refractivity contribution in [1.82, 2.24) is 14.8 Å². The molecule has 2 aromatic heterocycles. The molecular weight excluding hydrogens is 288 g/mol. The summed E-state index contributed by atoms with van der Waals surface area (Å²) in [6, 6.07) is 10.1. The number of nitrogen functional groups attached to an aromatic ring is 1. The Morgan fingerprint density at radius 3 is 2.80 bits per heavy atom. The van der Waals surface area contributed by atoms with Crippen molar-refractivity contribution in [3.8, 4) is 5.69 Å². The minimum absolute atomic E-state index is 0.630. The molecule has 0 spiro atoms. The van der Waals surface area contributed by atoms with Gasteiger partial charge in [0.1, 0.15) is 0 Å². The molecule has 0 aliphatic carbocycles. The number of aryl methyl sites for hydroxylation is 1. The zero-order valence-corrected chi connectivity index (χ0v) is 12.6. The molecule has 0 saturated heterocycles. The molecule has 0 aliphatic heterocycles. The highest BCUT2D eigenvalue weighted by atomic mass is 32.2. The van der Waals surface area contributed by atoms with Gasteiger partial charge in [0, 0.05) is 17.5 Å². The van der Waals surface area contributed by atoms with E-state index >= 15 is 0 Å². The van der Waals surface area contributed by atoms with E-state index in [9.17, 15) is 0 Å². The molecule has 4 nitrogen and oxygen atoms in total. The number of thioether (sulfide) groups is 1. The Bertz CT molecular complexity index is 703. The van der Waals surface area contributed by atoms with Crippen LogP contribution in [0.1, 0.15) is 11.3 Å². The monoisotopic (exact) mass is 302 g/mol. The molecule has 6 heteroatoms. The van der Waals surface area contributed by atoms with Crippen LogP contribution in [0.3, 0.4) is 0 Å². The summed E-state index contributed by atoms with van der Waals surface area (Å²) < 4.78 is 3.07. The fraction of sp³-hybridized carbons (Fsp3) is 0.143. The molecule has 0 radical (unpaired) electrons. The van der Waals surface area contributed by atoms with E-state index in [-0.39, 0.29) is 0 Å². The highest BCUT2D eigenvalue weighted by Gasteiger charge is 2.07. The summed E-state index contributed by atoms with van der Waals surface area (Å²) in [6.07, 6.45) is 3.96. The fourth-order valence-corrected chi connectivity index (χ4v) is 3.78. The minimum atomic E-state index is 0.630. The van der Waals surface area contributed by atoms with Crippen LogP contribution >= 0.6 is 23.1 Å². The second-order valence-corrected chi connectivity index (χ2v) is 6.62. The van der Waals surface area contributed by atoms with Crippen molar-refractivity contribution < 1.29 is 0 Å². The lowest BCUT2D eigenvalue weighted by Crippen LogP contribution is -1.92. The molecule has 102 valence electrons. The van der Waals surface area contributed by atoms with Crippen LogP contribution in [0.5, 0.6) is 0 Å². The van der Waals surface area contributed by atoms with Crippen LogP contribution in [0, 0.1) is 6.92 Å². The first-order valence-electron chi connectivity index (χ1n) is 6.17. The first-order valence-corrected chi connectivity index (χ1v) is 7.97. The Morgan fingerprint density at radius 1 is 1.30 bits per heavy atom. The molecule has 0 saturated carbocycles. The van der Waals surface area contributed by atoms with Crippen molar-refractivity contribution in [3.63, 3.8) is 0 Å². The third kappa shape index (κ3) is 2.86. The molecule has 1 aromatic carbocycles. The van der Waals surface area contributed by atoms with Crippen LogP contribution in [0.4, 0.5) is 5.13 Å². The van der Waals surface area contributed by atoms with Crippen LogP contribution in [0.15, 0.2) is 46.9 Å². The van der Waals surface area contributed by atoms with Gasteiger partial charge in [0.05, 0.1) is 21.8 Å². The van der Waals surface area contributed by atoms with Gasteiger partial charge in [0.15, 0.2) is 5.13 Å². The van der Waals surface area contributed by atoms with Crippen molar-refractivity contribution >= 4 is 28.2 Å². The standard InChI is InChI=1S/C14H14N4S2/c1-10-13(20-14(15)17-10)19-9-11-7-16-18(8-11)12-5-3-2-4-6-12/h2-8H,9H2,1H3,(H2,15,17). The van der Waals surface area contributed by atoms with Crippen LogP contribution < -0.4 is 5.73 Å². The number of hydrogen-bond donors (Lipinski definition) is 1. The first-order chi connectivity index (χ1) is 9.72. The number of anilines is 1. The van der Waals surface area contributed by atoms with Gasteiger partial charge in [-0.25, -0.2) is 9.67 Å². The SMILES string of the molecule is Cc1nc(N)sc1SCc1cnn(-c2ccccc2)c1. The number of hydrogen-bond acceptors (Lipinski definition) is 5. The van der Waals surface area contributed by atoms with Gasteiger partial charge < -0.3 is 5.73 Å². The second-order valence-electron chi connectivity index (χ2n) is 4.34. The van der Waals surface area contributed by atoms with E-state index in [0.29, 0.717) is 5.13 Å². The number of thiazole rings is 1. The quantitative estimate of drug-likeness (QED) is 0.749. The molecule has 0 bridgehead atoms. The van der Waals surface area contributed by atoms with Gasteiger partial charge in [0.2, 0.25) is 0 Å². The highest BCUT2D eigenvalue weighted by Crippen LogP contribution is 2.32. The topological polar surface area (TPSA) is 56.7 Å². The number of nitrogens with two attached hydrogens (primary N) is 1. The van der Waals surface area contributed by atoms with Gasteiger partial charge in [-0.2, -0.15) is 5.10 Å². The van der Waals surface area contributed by atoms with Gasteiger partial charge in [-0.05, 0) is 19.1 Å². The van der Waals surface area contributed by atoms with Crippen molar-refractivity contribution in [2.75, 3.05) is 5.73 Å². The molecular formula is C14H14N4S2. The smallest absolute Gasteiger partial charge is 0.181 e. The number of rotatable bonds is 4. The summed E-state index contributed by atoms with van der Waals surface area (Å²) in [6.45, 7) is 1.99. The maximum Gasteiger partial charge on any atom is 0.181 e. The Labute approximate surface area is 125 Å². The summed E-state index contributed by atoms with van der Waals surface area (Å²) in [7, 11) is 0. The Kier molecular flexibility index (Phi) is 3.75. The Balaban J connectivity index is 1.70. The van der Waals surface area contributed by atoms with Gasteiger partial charge in [-0.15, -0.1) is 11.8 Å². The summed E-state index contributed by atoms with van der Waals surface area (Å²) in [5, 5.41) is 5.02. The van der Waals surface area contributed by atoms with Crippen molar-refractivity contribution in [1.29, 1.82) is 0 Å². The molecule has 3 rings (SSSR count). The molecule has 2 N–H and O–H groups in total. The third-order valence-corrected chi connectivity index (χ3v) is 5.22. The second kappa shape index (κ2) is 5.68. The molecule has 0 unspecified atom stereocenters. The zero-order valence-electron chi connectivity index (χ0n) is 11.0. The minimum Gasteiger partial charge on any atom is -0.375 e. The molecule has 20 heavy (non-hydrogen) atoms. The third-order valence-electron chi connectivity index (χ3n) is 2.80. The first kappa shape index (κ1) is 13.2. The van der Waals surface area contributed by atoms with E-state index in [2.05, 4.69) is 16.3 Å². The van der Waals surface area contributed by atoms with E-state index in [1.165, 1.54) is 21.1 Å². The van der Waals surface area contributed by atoms with Crippen molar-refractivity contribution in [2.45, 2.75) is 16.9 Å². The maximum absolute atomic E-state index is 5.71. The van der Waals surface area contributed by atoms with Gasteiger partial charge in [-0.1, -0.05) is 29.5 Å². The lowest BCUT2D eigenvalue weighted by molar-refractivity contribution is 0.880. The summed E-state index contributed by atoms with van der Waals surface area (Å²) in [4.78, 5) is 4.23. The zero-order chi connectivity index (χ0) is 13.9. The maximum atomic E-state index is 5.71. The van der Waals surface area contributed by atoms with E-state index in [1.807, 2.05) is 48.1 Å². The summed E-state index contributed by atoms with van der Waals surface area (Å²) in [5.74, 6) is 0.870. The lowest BCUT2D eigenvalue weighted by Gasteiger charge is -1.99. The van der Waals surface area contributed by atoms with Crippen LogP contribution in [-0.4, -0.2) is 14.8 Å². The average molecular weight is 302 g/mol. The summed E-state index contributed by atoms with van der Waals surface area (Å²) in [5.41, 5.74) is 8.97. The van der Waals surface area contributed by atoms with Crippen molar-refractivity contribution in [3.05, 3.63) is 54.0 Å². The predicted molar refractivity (Wildman–Crippen MR) is 84.4 cm³/mol. The number of aromatic nitrogens is 3. The van der Waals surface area contributed by atoms with Gasteiger partial charge in [-0.3, -0.25) is 0 Å². The van der Waals surface area contributed by atoms with E-state index in [1.54, 1.807) is 11.8 Å². The number of nitrogens with zero attached hydrogens (tertiary/aromatic N) is 3. The molecule has 0 amide bonds. The Hall–Kier alpha value is -1.79. The van der Waals surface area contributed by atoms with Gasteiger partial charge in [0.25, 0.3) is 0 Å². The Morgan fingerprint density at radius 2 is 2.10 bits per heavy atom. The molecule has 0 aliphatic rings. The highest BCUT2D eigenvalue weighted by molar-refractivity contribution is 8.00. The average Bonchev–Trinajstić information content (AvgIpc) is 3.04. The van der Waals surface area contributed by atoms with Gasteiger partial charge >= 0.3 is 0 Å². The van der Waals surface area contributed by atoms with Crippen LogP contribution in [-0.2, 0) is 5.75 Å². The van der Waals surface area contributed by atoms with E-state index < -0.39 is 0 Å². The predicted octanol–water partition coefficient (Wildman–Crippen LogP) is 3.51. The van der Waals surface area contributed by atoms with E-state index in [0.717, 1.165) is 17.1 Å². The molecule has 0 atom stereocenters. The normalized spacial score (nSPS) is 10.8. The molecule has 2 heterocycles. The molecule has 3 aromatic rings. The molecule has 0 fully saturated rings. The largest absolute Gasteiger partial charge is 0.375 e. The fourth-order valence-electron chi connectivity index (χ4n) is 1.84. The van der Waals surface area contributed by atoms with Crippen LogP contribution in [0.25, 0.3) is 5.69 Å². The van der Waals surface area contributed by atoms with Crippen LogP contribution in [0.2, 0.25) is 0 Å². The van der Waals surface area contributed by atoms with E-state index in [4.69, 9.17) is 5.73 Å². The number of para-hydroxylation sites is 1. The van der Waals surface area contributed by atoms with Crippen molar-refractivity contribution in [2.24, 2.45) is 0 Å².